The van der Waals surface area contributed by atoms with Crippen LogP contribution in [0.3, 0.4) is 0 Å². The first kappa shape index (κ1) is 18.7. The van der Waals surface area contributed by atoms with Crippen molar-refractivity contribution < 1.29 is 9.53 Å². The summed E-state index contributed by atoms with van der Waals surface area (Å²) in [7, 11) is 1.70. The fourth-order valence-electron chi connectivity index (χ4n) is 3.66. The maximum Gasteiger partial charge on any atom is 0.222 e. The predicted octanol–water partition coefficient (Wildman–Crippen LogP) is 3.98. The predicted molar refractivity (Wildman–Crippen MR) is 114 cm³/mol. The van der Waals surface area contributed by atoms with Crippen LogP contribution >= 0.6 is 11.3 Å². The van der Waals surface area contributed by atoms with Crippen molar-refractivity contribution in [2.45, 2.75) is 19.3 Å². The van der Waals surface area contributed by atoms with E-state index in [1.165, 1.54) is 4.70 Å². The van der Waals surface area contributed by atoms with Crippen LogP contribution in [-0.2, 0) is 11.2 Å². The Morgan fingerprint density at radius 2 is 1.82 bits per heavy atom. The van der Waals surface area contributed by atoms with Gasteiger partial charge in [0.05, 0.1) is 28.0 Å². The van der Waals surface area contributed by atoms with Gasteiger partial charge < -0.3 is 14.5 Å². The van der Waals surface area contributed by atoms with Crippen LogP contribution in [0.5, 0.6) is 5.75 Å². The second kappa shape index (κ2) is 8.61. The number of carbonyl (C=O) groups excluding carboxylic acids is 1. The number of carbonyl (C=O) groups is 1. The normalized spacial score (nSPS) is 14.5. The highest BCUT2D eigenvalue weighted by Gasteiger charge is 2.22. The quantitative estimate of drug-likeness (QED) is 0.633. The van der Waals surface area contributed by atoms with Crippen molar-refractivity contribution in [3.8, 4) is 5.75 Å². The van der Waals surface area contributed by atoms with Crippen LogP contribution in [0.2, 0.25) is 0 Å². The zero-order valence-corrected chi connectivity index (χ0v) is 17.0. The number of nitrogens with zero attached hydrogens (tertiary/aromatic N) is 3. The standard InChI is InChI=1S/C22H25N3O2S/c1-27-19-9-4-3-8-18(19)24-13-15-25(16-14-24)22(26)12-6-11-21-23-17-7-2-5-10-20(17)28-21/h2-5,7-10H,6,11-16H2,1H3. The van der Waals surface area contributed by atoms with E-state index in [4.69, 9.17) is 4.74 Å². The minimum absolute atomic E-state index is 0.251. The number of hydrogen-bond acceptors (Lipinski definition) is 5. The number of piperazine rings is 1. The summed E-state index contributed by atoms with van der Waals surface area (Å²) in [5.41, 5.74) is 2.16. The minimum atomic E-state index is 0.251. The van der Waals surface area contributed by atoms with Gasteiger partial charge in [0.2, 0.25) is 5.91 Å². The Labute approximate surface area is 169 Å². The number of fused-ring (bicyclic) bond motifs is 1. The topological polar surface area (TPSA) is 45.7 Å². The van der Waals surface area contributed by atoms with Gasteiger partial charge in [-0.2, -0.15) is 0 Å². The van der Waals surface area contributed by atoms with Crippen LogP contribution in [0.4, 0.5) is 5.69 Å². The average Bonchev–Trinajstić information content (AvgIpc) is 3.16. The molecular formula is C22H25N3O2S. The molecule has 0 saturated carbocycles. The highest BCUT2D eigenvalue weighted by Crippen LogP contribution is 2.28. The van der Waals surface area contributed by atoms with Gasteiger partial charge in [0.25, 0.3) is 0 Å². The van der Waals surface area contributed by atoms with Crippen LogP contribution < -0.4 is 9.64 Å². The molecular weight excluding hydrogens is 370 g/mol. The Bertz CT molecular complexity index is 915. The summed E-state index contributed by atoms with van der Waals surface area (Å²) >= 11 is 1.73. The minimum Gasteiger partial charge on any atom is -0.495 e. The van der Waals surface area contributed by atoms with Gasteiger partial charge in [0, 0.05) is 32.6 Å². The molecule has 1 aliphatic rings. The summed E-state index contributed by atoms with van der Waals surface area (Å²) in [6.45, 7) is 3.20. The number of ether oxygens (including phenoxy) is 1. The lowest BCUT2D eigenvalue weighted by Gasteiger charge is -2.36. The average molecular weight is 396 g/mol. The second-order valence-electron chi connectivity index (χ2n) is 6.97. The number of para-hydroxylation sites is 3. The van der Waals surface area contributed by atoms with Crippen molar-refractivity contribution in [2.24, 2.45) is 0 Å². The number of thiazole rings is 1. The number of amides is 1. The Morgan fingerprint density at radius 1 is 1.07 bits per heavy atom. The molecule has 4 rings (SSSR count). The largest absolute Gasteiger partial charge is 0.495 e. The monoisotopic (exact) mass is 395 g/mol. The molecule has 2 heterocycles. The van der Waals surface area contributed by atoms with Gasteiger partial charge >= 0.3 is 0 Å². The van der Waals surface area contributed by atoms with Crippen LogP contribution in [0.15, 0.2) is 48.5 Å². The van der Waals surface area contributed by atoms with Gasteiger partial charge in [-0.05, 0) is 37.1 Å². The number of aryl methyl sites for hydroxylation is 1. The van der Waals surface area contributed by atoms with E-state index in [0.717, 1.165) is 61.0 Å². The summed E-state index contributed by atoms with van der Waals surface area (Å²) in [6, 6.07) is 16.3. The molecule has 0 spiro atoms. The lowest BCUT2D eigenvalue weighted by Crippen LogP contribution is -2.48. The van der Waals surface area contributed by atoms with Crippen molar-refractivity contribution in [3.63, 3.8) is 0 Å². The molecule has 3 aromatic rings. The lowest BCUT2D eigenvalue weighted by molar-refractivity contribution is -0.131. The molecule has 1 amide bonds. The summed E-state index contributed by atoms with van der Waals surface area (Å²) in [6.07, 6.45) is 2.31. The Balaban J connectivity index is 1.26. The van der Waals surface area contributed by atoms with Gasteiger partial charge in [-0.25, -0.2) is 4.98 Å². The van der Waals surface area contributed by atoms with E-state index in [2.05, 4.69) is 22.0 Å². The Hall–Kier alpha value is -2.60. The van der Waals surface area contributed by atoms with Gasteiger partial charge in [-0.1, -0.05) is 24.3 Å². The Morgan fingerprint density at radius 3 is 2.61 bits per heavy atom. The first-order chi connectivity index (χ1) is 13.7. The number of hydrogen-bond donors (Lipinski definition) is 0. The summed E-state index contributed by atoms with van der Waals surface area (Å²) in [5.74, 6) is 1.14. The number of aromatic nitrogens is 1. The highest BCUT2D eigenvalue weighted by atomic mass is 32.1. The van der Waals surface area contributed by atoms with Crippen LogP contribution in [0.25, 0.3) is 10.2 Å². The summed E-state index contributed by atoms with van der Waals surface area (Å²) in [5, 5.41) is 1.12. The van der Waals surface area contributed by atoms with E-state index in [0.29, 0.717) is 6.42 Å². The van der Waals surface area contributed by atoms with Gasteiger partial charge in [0.1, 0.15) is 5.75 Å². The molecule has 1 aromatic heterocycles. The number of rotatable bonds is 6. The molecule has 2 aromatic carbocycles. The Kier molecular flexibility index (Phi) is 5.76. The third kappa shape index (κ3) is 4.12. The number of methoxy groups -OCH3 is 1. The third-order valence-corrected chi connectivity index (χ3v) is 6.27. The molecule has 0 radical (unpaired) electrons. The van der Waals surface area contributed by atoms with Crippen molar-refractivity contribution in [1.29, 1.82) is 0 Å². The van der Waals surface area contributed by atoms with Gasteiger partial charge in [0.15, 0.2) is 0 Å². The first-order valence-electron chi connectivity index (χ1n) is 9.75. The molecule has 0 unspecified atom stereocenters. The molecule has 0 atom stereocenters. The zero-order valence-electron chi connectivity index (χ0n) is 16.1. The van der Waals surface area contributed by atoms with E-state index in [1.807, 2.05) is 41.3 Å². The van der Waals surface area contributed by atoms with Crippen LogP contribution in [-0.4, -0.2) is 49.1 Å². The fraction of sp³-hybridized carbons (Fsp3) is 0.364. The van der Waals surface area contributed by atoms with E-state index in [1.54, 1.807) is 18.4 Å². The molecule has 146 valence electrons. The third-order valence-electron chi connectivity index (χ3n) is 5.18. The fourth-order valence-corrected chi connectivity index (χ4v) is 4.67. The molecule has 5 nitrogen and oxygen atoms in total. The molecule has 0 bridgehead atoms. The molecule has 0 N–H and O–H groups in total. The SMILES string of the molecule is COc1ccccc1N1CCN(C(=O)CCCc2nc3ccccc3s2)CC1. The molecule has 6 heteroatoms. The van der Waals surface area contributed by atoms with Gasteiger partial charge in [-0.3, -0.25) is 4.79 Å². The van der Waals surface area contributed by atoms with Crippen molar-refractivity contribution in [2.75, 3.05) is 38.2 Å². The number of anilines is 1. The van der Waals surface area contributed by atoms with Crippen molar-refractivity contribution in [3.05, 3.63) is 53.5 Å². The van der Waals surface area contributed by atoms with Crippen molar-refractivity contribution in [1.82, 2.24) is 9.88 Å². The van der Waals surface area contributed by atoms with Crippen LogP contribution in [0, 0.1) is 0 Å². The van der Waals surface area contributed by atoms with E-state index >= 15 is 0 Å². The van der Waals surface area contributed by atoms with Gasteiger partial charge in [-0.15, -0.1) is 11.3 Å². The van der Waals surface area contributed by atoms with Crippen LogP contribution in [0.1, 0.15) is 17.8 Å². The summed E-state index contributed by atoms with van der Waals surface area (Å²) < 4.78 is 6.68. The van der Waals surface area contributed by atoms with E-state index in [-0.39, 0.29) is 5.91 Å². The maximum atomic E-state index is 12.6. The highest BCUT2D eigenvalue weighted by molar-refractivity contribution is 7.18. The maximum absolute atomic E-state index is 12.6. The smallest absolute Gasteiger partial charge is 0.222 e. The molecule has 1 aliphatic heterocycles. The van der Waals surface area contributed by atoms with E-state index < -0.39 is 0 Å². The number of benzene rings is 2. The molecule has 1 saturated heterocycles. The lowest BCUT2D eigenvalue weighted by atomic mass is 10.2. The van der Waals surface area contributed by atoms with E-state index in [9.17, 15) is 4.79 Å². The first-order valence-corrected chi connectivity index (χ1v) is 10.6. The van der Waals surface area contributed by atoms with Crippen molar-refractivity contribution >= 4 is 33.1 Å². The summed E-state index contributed by atoms with van der Waals surface area (Å²) in [4.78, 5) is 21.5. The second-order valence-corrected chi connectivity index (χ2v) is 8.08. The zero-order chi connectivity index (χ0) is 19.3. The molecule has 1 fully saturated rings. The molecule has 28 heavy (non-hydrogen) atoms. The molecule has 0 aliphatic carbocycles.